The van der Waals surface area contributed by atoms with Gasteiger partial charge in [-0.15, -0.1) is 0 Å². The fourth-order valence-electron chi connectivity index (χ4n) is 3.54. The molecule has 9 heteroatoms. The molecule has 4 aromatic rings. The molecule has 2 amide bonds. The van der Waals surface area contributed by atoms with Crippen LogP contribution in [0.4, 0.5) is 29.3 Å². The monoisotopic (exact) mass is 458 g/mol. The zero-order valence-electron chi connectivity index (χ0n) is 16.9. The second-order valence-electron chi connectivity index (χ2n) is 7.26. The second-order valence-corrected chi connectivity index (χ2v) is 7.67. The van der Waals surface area contributed by atoms with Crippen molar-refractivity contribution >= 4 is 39.9 Å². The molecule has 32 heavy (non-hydrogen) atoms. The molecule has 4 rings (SSSR count). The van der Waals surface area contributed by atoms with E-state index in [2.05, 4.69) is 20.2 Å². The van der Waals surface area contributed by atoms with E-state index in [-0.39, 0.29) is 5.69 Å². The number of hydrogen-bond donors (Lipinski definition) is 2. The number of halogens is 4. The third-order valence-electron chi connectivity index (χ3n) is 5.01. The third-order valence-corrected chi connectivity index (χ3v) is 5.34. The molecule has 0 aliphatic rings. The topological polar surface area (TPSA) is 59.0 Å². The highest BCUT2D eigenvalue weighted by Gasteiger charge is 2.33. The van der Waals surface area contributed by atoms with Crippen LogP contribution in [0.2, 0.25) is 5.02 Å². The minimum Gasteiger partial charge on any atom is -0.343 e. The van der Waals surface area contributed by atoms with E-state index in [1.54, 1.807) is 18.5 Å². The number of hydrogen-bond acceptors (Lipinski definition) is 2. The number of aromatic nitrogens is 2. The quantitative estimate of drug-likeness (QED) is 0.357. The number of alkyl halides is 3. The van der Waals surface area contributed by atoms with Crippen molar-refractivity contribution in [3.63, 3.8) is 0 Å². The van der Waals surface area contributed by atoms with Crippen molar-refractivity contribution in [3.8, 4) is 0 Å². The summed E-state index contributed by atoms with van der Waals surface area (Å²) in [6.07, 6.45) is 0.764. The smallest absolute Gasteiger partial charge is 0.343 e. The average Bonchev–Trinajstić information content (AvgIpc) is 3.16. The normalized spacial score (nSPS) is 11.5. The van der Waals surface area contributed by atoms with Gasteiger partial charge < -0.3 is 15.2 Å². The zero-order chi connectivity index (χ0) is 22.9. The minimum atomic E-state index is -4.62. The summed E-state index contributed by atoms with van der Waals surface area (Å²) in [5.41, 5.74) is 2.57. The number of benzene rings is 2. The van der Waals surface area contributed by atoms with Crippen LogP contribution in [0.1, 0.15) is 16.7 Å². The van der Waals surface area contributed by atoms with E-state index < -0.39 is 22.8 Å². The maximum absolute atomic E-state index is 13.1. The summed E-state index contributed by atoms with van der Waals surface area (Å²) in [6, 6.07) is 11.9. The van der Waals surface area contributed by atoms with Crippen LogP contribution < -0.4 is 10.6 Å². The van der Waals surface area contributed by atoms with Gasteiger partial charge in [0.15, 0.2) is 0 Å². The van der Waals surface area contributed by atoms with Crippen LogP contribution in [-0.4, -0.2) is 15.6 Å². The molecule has 0 aliphatic carbocycles. The van der Waals surface area contributed by atoms with Crippen LogP contribution in [0, 0.1) is 6.92 Å². The van der Waals surface area contributed by atoms with Gasteiger partial charge in [0.2, 0.25) is 0 Å². The van der Waals surface area contributed by atoms with E-state index in [0.717, 1.165) is 34.2 Å². The Morgan fingerprint density at radius 3 is 2.53 bits per heavy atom. The van der Waals surface area contributed by atoms with Crippen molar-refractivity contribution in [2.45, 2.75) is 19.6 Å². The first-order valence-corrected chi connectivity index (χ1v) is 10.0. The summed E-state index contributed by atoms with van der Waals surface area (Å²) in [5, 5.41) is 5.55. The van der Waals surface area contributed by atoms with Crippen LogP contribution in [0.25, 0.3) is 10.9 Å². The lowest BCUT2D eigenvalue weighted by Crippen LogP contribution is -2.20. The second kappa shape index (κ2) is 8.55. The summed E-state index contributed by atoms with van der Waals surface area (Å²) in [4.78, 5) is 16.5. The maximum Gasteiger partial charge on any atom is 0.417 e. The number of carbonyl (C=O) groups is 1. The number of anilines is 2. The number of pyridine rings is 1. The number of carbonyl (C=O) groups excluding carboxylic acids is 1. The number of fused-ring (bicyclic) bond motifs is 1. The Morgan fingerprint density at radius 2 is 1.81 bits per heavy atom. The Morgan fingerprint density at radius 1 is 1.06 bits per heavy atom. The number of amides is 2. The van der Waals surface area contributed by atoms with E-state index >= 15 is 0 Å². The number of nitrogens with zero attached hydrogens (tertiary/aromatic N) is 2. The van der Waals surface area contributed by atoms with E-state index in [0.29, 0.717) is 12.2 Å². The fraction of sp³-hybridized carbons (Fsp3) is 0.130. The zero-order valence-corrected chi connectivity index (χ0v) is 17.6. The van der Waals surface area contributed by atoms with Gasteiger partial charge in [-0.2, -0.15) is 13.2 Å². The van der Waals surface area contributed by atoms with Gasteiger partial charge in [-0.3, -0.25) is 4.98 Å². The molecular weight excluding hydrogens is 441 g/mol. The molecule has 2 aromatic heterocycles. The molecule has 2 N–H and O–H groups in total. The first-order chi connectivity index (χ1) is 15.2. The predicted molar refractivity (Wildman–Crippen MR) is 119 cm³/mol. The van der Waals surface area contributed by atoms with Gasteiger partial charge in [0.1, 0.15) is 0 Å². The summed E-state index contributed by atoms with van der Waals surface area (Å²) in [5.74, 6) is 0. The standard InChI is InChI=1S/C23H18ClF3N4O/c1-14-2-5-20(17-8-11-31(21(14)17)13-15-6-9-28-10-7-15)30-22(32)29-16-3-4-19(24)18(12-16)23(25,26)27/h2-12H,13H2,1H3,(H2,29,30,32). The highest BCUT2D eigenvalue weighted by atomic mass is 35.5. The van der Waals surface area contributed by atoms with Crippen LogP contribution >= 0.6 is 11.6 Å². The Balaban J connectivity index is 1.57. The molecule has 0 saturated heterocycles. The van der Waals surface area contributed by atoms with Gasteiger partial charge in [0.05, 0.1) is 21.8 Å². The van der Waals surface area contributed by atoms with Crippen molar-refractivity contribution in [1.82, 2.24) is 9.55 Å². The van der Waals surface area contributed by atoms with Crippen LogP contribution in [0.5, 0.6) is 0 Å². The highest BCUT2D eigenvalue weighted by Crippen LogP contribution is 2.36. The summed E-state index contributed by atoms with van der Waals surface area (Å²) in [6.45, 7) is 2.61. The van der Waals surface area contributed by atoms with E-state index in [1.165, 1.54) is 6.07 Å². The molecule has 0 saturated carbocycles. The summed E-state index contributed by atoms with van der Waals surface area (Å²) in [7, 11) is 0. The van der Waals surface area contributed by atoms with E-state index in [4.69, 9.17) is 11.6 Å². The van der Waals surface area contributed by atoms with Gasteiger partial charge in [-0.1, -0.05) is 17.7 Å². The minimum absolute atomic E-state index is 0.0159. The lowest BCUT2D eigenvalue weighted by molar-refractivity contribution is -0.137. The molecule has 0 unspecified atom stereocenters. The first kappa shape index (κ1) is 21.7. The van der Waals surface area contributed by atoms with Gasteiger partial charge in [0.25, 0.3) is 0 Å². The predicted octanol–water partition coefficient (Wildman–Crippen LogP) is 6.71. The molecular formula is C23H18ClF3N4O. The van der Waals surface area contributed by atoms with Gasteiger partial charge in [0, 0.05) is 36.2 Å². The van der Waals surface area contributed by atoms with Gasteiger partial charge in [-0.25, -0.2) is 4.79 Å². The Hall–Kier alpha value is -3.52. The van der Waals surface area contributed by atoms with E-state index in [1.807, 2.05) is 37.4 Å². The number of aryl methyl sites for hydroxylation is 1. The lowest BCUT2D eigenvalue weighted by Gasteiger charge is -2.14. The molecule has 0 spiro atoms. The lowest BCUT2D eigenvalue weighted by atomic mass is 10.1. The van der Waals surface area contributed by atoms with Crippen molar-refractivity contribution in [1.29, 1.82) is 0 Å². The number of rotatable bonds is 4. The molecule has 5 nitrogen and oxygen atoms in total. The fourth-order valence-corrected chi connectivity index (χ4v) is 3.76. The van der Waals surface area contributed by atoms with Gasteiger partial charge >= 0.3 is 12.2 Å². The van der Waals surface area contributed by atoms with Crippen LogP contribution in [0.15, 0.2) is 67.1 Å². The molecule has 2 heterocycles. The molecule has 0 bridgehead atoms. The number of urea groups is 1. The van der Waals surface area contributed by atoms with Crippen molar-refractivity contribution in [2.24, 2.45) is 0 Å². The largest absolute Gasteiger partial charge is 0.417 e. The summed E-state index contributed by atoms with van der Waals surface area (Å²) < 4.78 is 41.3. The third kappa shape index (κ3) is 4.55. The maximum atomic E-state index is 13.1. The Bertz CT molecular complexity index is 1290. The molecule has 0 atom stereocenters. The average molecular weight is 459 g/mol. The highest BCUT2D eigenvalue weighted by molar-refractivity contribution is 6.31. The van der Waals surface area contributed by atoms with Gasteiger partial charge in [-0.05, 0) is 60.5 Å². The first-order valence-electron chi connectivity index (χ1n) is 9.64. The number of nitrogens with one attached hydrogen (secondary N) is 2. The molecule has 0 radical (unpaired) electrons. The molecule has 0 fully saturated rings. The van der Waals surface area contributed by atoms with E-state index in [9.17, 15) is 18.0 Å². The molecule has 2 aromatic carbocycles. The van der Waals surface area contributed by atoms with Crippen molar-refractivity contribution < 1.29 is 18.0 Å². The van der Waals surface area contributed by atoms with Crippen molar-refractivity contribution in [2.75, 3.05) is 10.6 Å². The Labute approximate surface area is 186 Å². The Kier molecular flexibility index (Phi) is 5.80. The molecule has 0 aliphatic heterocycles. The van der Waals surface area contributed by atoms with Crippen LogP contribution in [-0.2, 0) is 12.7 Å². The summed E-state index contributed by atoms with van der Waals surface area (Å²) >= 11 is 5.63. The van der Waals surface area contributed by atoms with Crippen LogP contribution in [0.3, 0.4) is 0 Å². The SMILES string of the molecule is Cc1ccc(NC(=O)Nc2ccc(Cl)c(C(F)(F)F)c2)c2ccn(Cc3ccncc3)c12. The molecule has 164 valence electrons. The van der Waals surface area contributed by atoms with Crippen molar-refractivity contribution in [3.05, 3.63) is 88.8 Å².